The molecule has 1 aromatic carbocycles. The summed E-state index contributed by atoms with van der Waals surface area (Å²) >= 11 is 0. The normalized spacial score (nSPS) is 23.9. The second kappa shape index (κ2) is 4.93. The summed E-state index contributed by atoms with van der Waals surface area (Å²) in [4.78, 5) is 0. The first kappa shape index (κ1) is 13.4. The lowest BCUT2D eigenvalue weighted by Gasteiger charge is -2.33. The van der Waals surface area contributed by atoms with E-state index in [1.54, 1.807) is 7.11 Å². The number of aryl methyl sites for hydroxylation is 1. The molecular formula is C16H25NO. The van der Waals surface area contributed by atoms with Crippen LogP contribution < -0.4 is 10.5 Å². The molecule has 0 spiro atoms. The van der Waals surface area contributed by atoms with E-state index in [4.69, 9.17) is 10.5 Å². The largest absolute Gasteiger partial charge is 0.497 e. The highest BCUT2D eigenvalue weighted by Gasteiger charge is 2.38. The van der Waals surface area contributed by atoms with E-state index in [1.807, 2.05) is 6.07 Å². The number of ether oxygens (including phenoxy) is 1. The summed E-state index contributed by atoms with van der Waals surface area (Å²) in [5, 5.41) is 0. The van der Waals surface area contributed by atoms with Crippen molar-refractivity contribution < 1.29 is 4.74 Å². The van der Waals surface area contributed by atoms with Crippen LogP contribution in [0, 0.1) is 18.3 Å². The van der Waals surface area contributed by atoms with E-state index in [1.165, 1.54) is 30.4 Å². The maximum atomic E-state index is 6.53. The molecule has 2 rings (SSSR count). The lowest BCUT2D eigenvalue weighted by Crippen LogP contribution is -2.30. The zero-order valence-corrected chi connectivity index (χ0v) is 12.0. The highest BCUT2D eigenvalue weighted by atomic mass is 16.5. The topological polar surface area (TPSA) is 35.2 Å². The monoisotopic (exact) mass is 247 g/mol. The van der Waals surface area contributed by atoms with Crippen LogP contribution in [0.4, 0.5) is 0 Å². The van der Waals surface area contributed by atoms with Gasteiger partial charge < -0.3 is 10.5 Å². The van der Waals surface area contributed by atoms with Crippen LogP contribution in [0.5, 0.6) is 5.75 Å². The first-order valence-electron chi connectivity index (χ1n) is 6.86. The average Bonchev–Trinajstić information content (AvgIpc) is 2.68. The van der Waals surface area contributed by atoms with Crippen LogP contribution in [0.15, 0.2) is 18.2 Å². The van der Waals surface area contributed by atoms with Gasteiger partial charge in [-0.3, -0.25) is 0 Å². The smallest absolute Gasteiger partial charge is 0.119 e. The summed E-state index contributed by atoms with van der Waals surface area (Å²) < 4.78 is 5.26. The summed E-state index contributed by atoms with van der Waals surface area (Å²) in [6.07, 6.45) is 3.85. The maximum absolute atomic E-state index is 6.53. The van der Waals surface area contributed by atoms with Crippen molar-refractivity contribution in [2.45, 2.75) is 46.1 Å². The summed E-state index contributed by atoms with van der Waals surface area (Å²) in [7, 11) is 1.70. The van der Waals surface area contributed by atoms with Crippen molar-refractivity contribution in [1.29, 1.82) is 0 Å². The van der Waals surface area contributed by atoms with Crippen LogP contribution in [0.25, 0.3) is 0 Å². The third kappa shape index (κ3) is 2.39. The standard InChI is InChI=1S/C16H25NO/c1-11-10-12(18-4)7-8-13(11)15(17)14-6-5-9-16(14,2)3/h7-8,10,14-15H,5-6,9,17H2,1-4H3. The third-order valence-corrected chi connectivity index (χ3v) is 4.61. The molecule has 100 valence electrons. The van der Waals surface area contributed by atoms with Gasteiger partial charge in [0.1, 0.15) is 5.75 Å². The molecule has 1 saturated carbocycles. The first-order valence-corrected chi connectivity index (χ1v) is 6.86. The Morgan fingerprint density at radius 2 is 2.11 bits per heavy atom. The number of rotatable bonds is 3. The van der Waals surface area contributed by atoms with Crippen LogP contribution in [0.1, 0.15) is 50.3 Å². The zero-order valence-electron chi connectivity index (χ0n) is 12.0. The van der Waals surface area contributed by atoms with Gasteiger partial charge >= 0.3 is 0 Å². The Morgan fingerprint density at radius 1 is 1.39 bits per heavy atom. The number of hydrogen-bond donors (Lipinski definition) is 1. The molecule has 1 aromatic rings. The molecule has 0 saturated heterocycles. The molecule has 2 nitrogen and oxygen atoms in total. The third-order valence-electron chi connectivity index (χ3n) is 4.61. The van der Waals surface area contributed by atoms with Gasteiger partial charge in [-0.1, -0.05) is 26.3 Å². The summed E-state index contributed by atoms with van der Waals surface area (Å²) in [6, 6.07) is 6.38. The van der Waals surface area contributed by atoms with Gasteiger partial charge in [-0.15, -0.1) is 0 Å². The molecule has 0 bridgehead atoms. The fourth-order valence-electron chi connectivity index (χ4n) is 3.39. The molecule has 2 unspecified atom stereocenters. The van der Waals surface area contributed by atoms with Crippen LogP contribution in [-0.2, 0) is 0 Å². The van der Waals surface area contributed by atoms with Gasteiger partial charge in [0.15, 0.2) is 0 Å². The van der Waals surface area contributed by atoms with Crippen molar-refractivity contribution in [3.05, 3.63) is 29.3 Å². The van der Waals surface area contributed by atoms with Gasteiger partial charge in [0.2, 0.25) is 0 Å². The van der Waals surface area contributed by atoms with Gasteiger partial charge in [-0.05, 0) is 54.4 Å². The molecule has 2 heteroatoms. The van der Waals surface area contributed by atoms with Crippen molar-refractivity contribution in [3.8, 4) is 5.75 Å². The Labute approximate surface area is 111 Å². The fraction of sp³-hybridized carbons (Fsp3) is 0.625. The molecule has 0 radical (unpaired) electrons. The minimum Gasteiger partial charge on any atom is -0.497 e. The molecule has 1 aliphatic rings. The van der Waals surface area contributed by atoms with Crippen molar-refractivity contribution >= 4 is 0 Å². The first-order chi connectivity index (χ1) is 8.45. The molecule has 0 amide bonds. The Morgan fingerprint density at radius 3 is 2.61 bits per heavy atom. The molecule has 0 aliphatic heterocycles. The second-order valence-electron chi connectivity index (χ2n) is 6.24. The molecule has 0 aromatic heterocycles. The minimum atomic E-state index is 0.147. The fourth-order valence-corrected chi connectivity index (χ4v) is 3.39. The van der Waals surface area contributed by atoms with E-state index in [9.17, 15) is 0 Å². The summed E-state index contributed by atoms with van der Waals surface area (Å²) in [5.74, 6) is 1.50. The van der Waals surface area contributed by atoms with Crippen molar-refractivity contribution in [2.24, 2.45) is 17.1 Å². The van der Waals surface area contributed by atoms with Gasteiger partial charge in [-0.25, -0.2) is 0 Å². The van der Waals surface area contributed by atoms with Crippen molar-refractivity contribution in [2.75, 3.05) is 7.11 Å². The predicted octanol–water partition coefficient (Wildman–Crippen LogP) is 3.83. The predicted molar refractivity (Wildman–Crippen MR) is 75.8 cm³/mol. The molecule has 0 heterocycles. The Kier molecular flexibility index (Phi) is 3.67. The lowest BCUT2D eigenvalue weighted by molar-refractivity contribution is 0.221. The SMILES string of the molecule is COc1ccc(C(N)C2CCCC2(C)C)c(C)c1. The van der Waals surface area contributed by atoms with Crippen LogP contribution in [0.2, 0.25) is 0 Å². The maximum Gasteiger partial charge on any atom is 0.119 e. The highest BCUT2D eigenvalue weighted by Crippen LogP contribution is 2.48. The Hall–Kier alpha value is -1.02. The lowest BCUT2D eigenvalue weighted by atomic mass is 9.75. The molecule has 1 fully saturated rings. The van der Waals surface area contributed by atoms with E-state index in [2.05, 4.69) is 32.9 Å². The number of hydrogen-bond acceptors (Lipinski definition) is 2. The number of nitrogens with two attached hydrogens (primary N) is 1. The van der Waals surface area contributed by atoms with E-state index in [0.29, 0.717) is 11.3 Å². The van der Waals surface area contributed by atoms with Crippen molar-refractivity contribution in [1.82, 2.24) is 0 Å². The second-order valence-corrected chi connectivity index (χ2v) is 6.24. The van der Waals surface area contributed by atoms with Crippen LogP contribution in [0.3, 0.4) is 0 Å². The molecule has 1 aliphatic carbocycles. The van der Waals surface area contributed by atoms with Crippen molar-refractivity contribution in [3.63, 3.8) is 0 Å². The zero-order chi connectivity index (χ0) is 13.3. The molecule has 18 heavy (non-hydrogen) atoms. The number of benzene rings is 1. The molecular weight excluding hydrogens is 222 g/mol. The average molecular weight is 247 g/mol. The van der Waals surface area contributed by atoms with Crippen LogP contribution >= 0.6 is 0 Å². The Bertz CT molecular complexity index is 425. The summed E-state index contributed by atoms with van der Waals surface area (Å²) in [6.45, 7) is 6.83. The number of methoxy groups -OCH3 is 1. The van der Waals surface area contributed by atoms with Gasteiger partial charge in [0, 0.05) is 6.04 Å². The highest BCUT2D eigenvalue weighted by molar-refractivity contribution is 5.37. The summed E-state index contributed by atoms with van der Waals surface area (Å²) in [5.41, 5.74) is 9.41. The van der Waals surface area contributed by atoms with Gasteiger partial charge in [-0.2, -0.15) is 0 Å². The van der Waals surface area contributed by atoms with E-state index in [0.717, 1.165) is 5.75 Å². The van der Waals surface area contributed by atoms with E-state index >= 15 is 0 Å². The Balaban J connectivity index is 2.26. The molecule has 2 atom stereocenters. The van der Waals surface area contributed by atoms with E-state index < -0.39 is 0 Å². The van der Waals surface area contributed by atoms with Gasteiger partial charge in [0.05, 0.1) is 7.11 Å². The van der Waals surface area contributed by atoms with E-state index in [-0.39, 0.29) is 6.04 Å². The minimum absolute atomic E-state index is 0.147. The van der Waals surface area contributed by atoms with Gasteiger partial charge in [0.25, 0.3) is 0 Å². The molecule has 2 N–H and O–H groups in total. The van der Waals surface area contributed by atoms with Crippen LogP contribution in [-0.4, -0.2) is 7.11 Å². The quantitative estimate of drug-likeness (QED) is 0.881.